The van der Waals surface area contributed by atoms with Crippen molar-refractivity contribution in [2.24, 2.45) is 0 Å². The Labute approximate surface area is 113 Å². The average Bonchev–Trinajstić information content (AvgIpc) is 2.67. The summed E-state index contributed by atoms with van der Waals surface area (Å²) in [6.07, 6.45) is 0. The van der Waals surface area contributed by atoms with E-state index < -0.39 is 0 Å². The number of thiazole rings is 1. The first-order chi connectivity index (χ1) is 8.49. The molecule has 0 saturated carbocycles. The van der Waals surface area contributed by atoms with Crippen LogP contribution in [0.2, 0.25) is 0 Å². The number of benzene rings is 1. The summed E-state index contributed by atoms with van der Waals surface area (Å²) in [6, 6.07) is 9.29. The summed E-state index contributed by atoms with van der Waals surface area (Å²) in [5.41, 5.74) is 3.75. The van der Waals surface area contributed by atoms with Crippen LogP contribution in [0.1, 0.15) is 29.2 Å². The van der Waals surface area contributed by atoms with Gasteiger partial charge in [-0.05, 0) is 46.0 Å². The van der Waals surface area contributed by atoms with Crippen LogP contribution in [0.4, 0.5) is 0 Å². The minimum Gasteiger partial charge on any atom is -0.303 e. The minimum absolute atomic E-state index is 0.448. The Bertz CT molecular complexity index is 526. The van der Waals surface area contributed by atoms with E-state index in [1.807, 2.05) is 0 Å². The van der Waals surface area contributed by atoms with Crippen molar-refractivity contribution < 1.29 is 0 Å². The highest BCUT2D eigenvalue weighted by molar-refractivity contribution is 7.15. The van der Waals surface area contributed by atoms with Gasteiger partial charge in [-0.1, -0.05) is 24.3 Å². The van der Waals surface area contributed by atoms with Gasteiger partial charge < -0.3 is 4.90 Å². The second-order valence-corrected chi connectivity index (χ2v) is 6.11. The number of hydrogen-bond donors (Lipinski definition) is 0. The fourth-order valence-corrected chi connectivity index (χ4v) is 2.94. The molecule has 0 bridgehead atoms. The maximum Gasteiger partial charge on any atom is 0.0903 e. The summed E-state index contributed by atoms with van der Waals surface area (Å²) in [6.45, 7) is 6.36. The van der Waals surface area contributed by atoms with Crippen molar-refractivity contribution in [1.82, 2.24) is 9.88 Å². The molecule has 0 aliphatic carbocycles. The Morgan fingerprint density at radius 3 is 2.17 bits per heavy atom. The zero-order valence-corrected chi connectivity index (χ0v) is 12.5. The molecule has 96 valence electrons. The van der Waals surface area contributed by atoms with Crippen LogP contribution in [0, 0.1) is 13.8 Å². The highest BCUT2D eigenvalue weighted by Crippen LogP contribution is 2.30. The monoisotopic (exact) mass is 260 g/mol. The maximum atomic E-state index is 4.48. The van der Waals surface area contributed by atoms with Gasteiger partial charge >= 0.3 is 0 Å². The van der Waals surface area contributed by atoms with Gasteiger partial charge in [0.15, 0.2) is 0 Å². The largest absolute Gasteiger partial charge is 0.303 e. The molecule has 2 nitrogen and oxygen atoms in total. The molecular weight excluding hydrogens is 240 g/mol. The molecule has 3 heteroatoms. The predicted octanol–water partition coefficient (Wildman–Crippen LogP) is 4.05. The van der Waals surface area contributed by atoms with Gasteiger partial charge in [0.1, 0.15) is 0 Å². The maximum absolute atomic E-state index is 4.48. The highest BCUT2D eigenvalue weighted by atomic mass is 32.1. The van der Waals surface area contributed by atoms with E-state index in [-0.39, 0.29) is 0 Å². The standard InChI is InChI=1S/C15H20N2S/c1-10-15(18-12(3)16-10)14-8-6-13(7-9-14)11(2)17(4)5/h6-9,11H,1-5H3/t11-/m0/s1. The second-order valence-electron chi connectivity index (χ2n) is 4.91. The van der Waals surface area contributed by atoms with Crippen molar-refractivity contribution in [3.8, 4) is 10.4 Å². The predicted molar refractivity (Wildman–Crippen MR) is 79.1 cm³/mol. The minimum atomic E-state index is 0.448. The topological polar surface area (TPSA) is 16.1 Å². The normalized spacial score (nSPS) is 13.0. The first-order valence-electron chi connectivity index (χ1n) is 6.20. The van der Waals surface area contributed by atoms with E-state index in [4.69, 9.17) is 0 Å². The summed E-state index contributed by atoms with van der Waals surface area (Å²) >= 11 is 1.77. The van der Waals surface area contributed by atoms with E-state index in [9.17, 15) is 0 Å². The number of rotatable bonds is 3. The van der Waals surface area contributed by atoms with Gasteiger partial charge in [-0.15, -0.1) is 11.3 Å². The molecule has 0 spiro atoms. The van der Waals surface area contributed by atoms with Crippen LogP contribution in [0.3, 0.4) is 0 Å². The number of hydrogen-bond acceptors (Lipinski definition) is 3. The molecule has 0 aliphatic rings. The van der Waals surface area contributed by atoms with Crippen molar-refractivity contribution in [2.75, 3.05) is 14.1 Å². The van der Waals surface area contributed by atoms with Gasteiger partial charge in [0.2, 0.25) is 0 Å². The molecule has 0 amide bonds. The highest BCUT2D eigenvalue weighted by Gasteiger charge is 2.10. The molecule has 0 fully saturated rings. The molecule has 0 radical (unpaired) electrons. The Balaban J connectivity index is 2.30. The Kier molecular flexibility index (Phi) is 3.83. The fourth-order valence-electron chi connectivity index (χ4n) is 2.01. The van der Waals surface area contributed by atoms with E-state index in [1.165, 1.54) is 16.0 Å². The first-order valence-corrected chi connectivity index (χ1v) is 7.01. The molecule has 18 heavy (non-hydrogen) atoms. The fraction of sp³-hybridized carbons (Fsp3) is 0.400. The van der Waals surface area contributed by atoms with Crippen LogP contribution in [0.25, 0.3) is 10.4 Å². The molecular formula is C15H20N2S. The molecule has 2 aromatic rings. The Morgan fingerprint density at radius 1 is 1.11 bits per heavy atom. The summed E-state index contributed by atoms with van der Waals surface area (Å²) in [4.78, 5) is 7.99. The van der Waals surface area contributed by atoms with E-state index in [1.54, 1.807) is 11.3 Å². The van der Waals surface area contributed by atoms with Crippen LogP contribution in [0.15, 0.2) is 24.3 Å². The molecule has 1 aromatic carbocycles. The van der Waals surface area contributed by atoms with Crippen LogP contribution >= 0.6 is 11.3 Å². The van der Waals surface area contributed by atoms with Crippen molar-refractivity contribution in [2.45, 2.75) is 26.8 Å². The van der Waals surface area contributed by atoms with Crippen molar-refractivity contribution in [3.63, 3.8) is 0 Å². The molecule has 2 rings (SSSR count). The third kappa shape index (κ3) is 2.62. The zero-order valence-electron chi connectivity index (χ0n) is 11.7. The number of nitrogens with zero attached hydrogens (tertiary/aromatic N) is 2. The molecule has 0 unspecified atom stereocenters. The lowest BCUT2D eigenvalue weighted by atomic mass is 10.0. The lowest BCUT2D eigenvalue weighted by molar-refractivity contribution is 0.321. The van der Waals surface area contributed by atoms with Crippen LogP contribution in [-0.4, -0.2) is 24.0 Å². The Hall–Kier alpha value is -1.19. The summed E-state index contributed by atoms with van der Waals surface area (Å²) in [7, 11) is 4.21. The third-order valence-electron chi connectivity index (χ3n) is 3.33. The molecule has 1 heterocycles. The van der Waals surface area contributed by atoms with Crippen LogP contribution in [0.5, 0.6) is 0 Å². The SMILES string of the molecule is Cc1nc(C)c(-c2ccc([C@H](C)N(C)C)cc2)s1. The molecule has 0 aliphatic heterocycles. The lowest BCUT2D eigenvalue weighted by Gasteiger charge is -2.20. The smallest absolute Gasteiger partial charge is 0.0903 e. The quantitative estimate of drug-likeness (QED) is 0.827. The van der Waals surface area contributed by atoms with Gasteiger partial charge in [0.05, 0.1) is 15.6 Å². The van der Waals surface area contributed by atoms with E-state index >= 15 is 0 Å². The molecule has 1 aromatic heterocycles. The Morgan fingerprint density at radius 2 is 1.72 bits per heavy atom. The number of aromatic nitrogens is 1. The van der Waals surface area contributed by atoms with Gasteiger partial charge in [-0.2, -0.15) is 0 Å². The van der Waals surface area contributed by atoms with Crippen molar-refractivity contribution >= 4 is 11.3 Å². The van der Waals surface area contributed by atoms with Crippen molar-refractivity contribution in [3.05, 3.63) is 40.5 Å². The summed E-state index contributed by atoms with van der Waals surface area (Å²) in [5, 5.41) is 1.13. The molecule has 0 saturated heterocycles. The number of aryl methyl sites for hydroxylation is 2. The van der Waals surface area contributed by atoms with Crippen LogP contribution < -0.4 is 0 Å². The van der Waals surface area contributed by atoms with Gasteiger partial charge in [0.25, 0.3) is 0 Å². The lowest BCUT2D eigenvalue weighted by Crippen LogP contribution is -2.16. The van der Waals surface area contributed by atoms with E-state index in [2.05, 4.69) is 69.0 Å². The average molecular weight is 260 g/mol. The first kappa shape index (κ1) is 13.2. The second kappa shape index (κ2) is 5.21. The third-order valence-corrected chi connectivity index (χ3v) is 4.46. The van der Waals surface area contributed by atoms with Gasteiger partial charge in [-0.3, -0.25) is 0 Å². The molecule has 1 atom stereocenters. The van der Waals surface area contributed by atoms with E-state index in [0.717, 1.165) is 10.7 Å². The van der Waals surface area contributed by atoms with Gasteiger partial charge in [0, 0.05) is 6.04 Å². The zero-order chi connectivity index (χ0) is 13.3. The van der Waals surface area contributed by atoms with Crippen LogP contribution in [-0.2, 0) is 0 Å². The van der Waals surface area contributed by atoms with Crippen molar-refractivity contribution in [1.29, 1.82) is 0 Å². The van der Waals surface area contributed by atoms with Gasteiger partial charge in [-0.25, -0.2) is 4.98 Å². The summed E-state index contributed by atoms with van der Waals surface area (Å²) in [5.74, 6) is 0. The molecule has 0 N–H and O–H groups in total. The summed E-state index contributed by atoms with van der Waals surface area (Å²) < 4.78 is 0. The van der Waals surface area contributed by atoms with E-state index in [0.29, 0.717) is 6.04 Å².